The smallest absolute Gasteiger partial charge is 0.371 e. The summed E-state index contributed by atoms with van der Waals surface area (Å²) >= 11 is 0.811. The lowest BCUT2D eigenvalue weighted by atomic mass is 10.7. The van der Waals surface area contributed by atoms with Crippen LogP contribution < -0.4 is 0 Å². The summed E-state index contributed by atoms with van der Waals surface area (Å²) in [5, 5.41) is 8.23. The molecule has 1 rings (SSSR count). The standard InChI is InChI=1S/C6H7NO2S/c1-7-4-2-3-5(7)10-6(8)9/h2-4H,1H3,(H,8,9). The molecule has 0 saturated heterocycles. The van der Waals surface area contributed by atoms with Gasteiger partial charge >= 0.3 is 5.30 Å². The maximum absolute atomic E-state index is 10.2. The Labute approximate surface area is 62.7 Å². The Morgan fingerprint density at radius 3 is 2.90 bits per heavy atom. The normalized spacial score (nSPS) is 9.70. The lowest BCUT2D eigenvalue weighted by Crippen LogP contribution is -1.90. The summed E-state index contributed by atoms with van der Waals surface area (Å²) in [6, 6.07) is 3.57. The minimum atomic E-state index is -0.873. The van der Waals surface area contributed by atoms with Crippen LogP contribution in [0.25, 0.3) is 0 Å². The third-order valence-corrected chi connectivity index (χ3v) is 1.90. The predicted octanol–water partition coefficient (Wildman–Crippen LogP) is 1.80. The van der Waals surface area contributed by atoms with Gasteiger partial charge in [0.2, 0.25) is 0 Å². The van der Waals surface area contributed by atoms with Crippen LogP contribution in [0.15, 0.2) is 23.4 Å². The topological polar surface area (TPSA) is 42.2 Å². The van der Waals surface area contributed by atoms with Gasteiger partial charge in [-0.15, -0.1) is 0 Å². The van der Waals surface area contributed by atoms with E-state index in [1.165, 1.54) is 0 Å². The third kappa shape index (κ3) is 1.54. The van der Waals surface area contributed by atoms with Crippen molar-refractivity contribution in [2.24, 2.45) is 7.05 Å². The Kier molecular flexibility index (Phi) is 2.01. The Balaban J connectivity index is 2.74. The monoisotopic (exact) mass is 157 g/mol. The number of hydrogen-bond acceptors (Lipinski definition) is 2. The molecule has 4 heteroatoms. The van der Waals surface area contributed by atoms with Gasteiger partial charge in [0.25, 0.3) is 0 Å². The highest BCUT2D eigenvalue weighted by Gasteiger charge is 2.02. The van der Waals surface area contributed by atoms with Gasteiger partial charge in [0.05, 0.1) is 5.03 Å². The van der Waals surface area contributed by atoms with Gasteiger partial charge in [-0.05, 0) is 12.1 Å². The molecule has 0 aliphatic heterocycles. The molecule has 0 spiro atoms. The Morgan fingerprint density at radius 1 is 1.80 bits per heavy atom. The number of aryl methyl sites for hydroxylation is 1. The summed E-state index contributed by atoms with van der Waals surface area (Å²) in [7, 11) is 1.81. The van der Waals surface area contributed by atoms with Crippen LogP contribution in [-0.4, -0.2) is 15.0 Å². The first-order valence-electron chi connectivity index (χ1n) is 2.72. The van der Waals surface area contributed by atoms with E-state index in [1.54, 1.807) is 10.6 Å². The van der Waals surface area contributed by atoms with E-state index in [0.717, 1.165) is 16.8 Å². The molecule has 1 aromatic heterocycles. The zero-order valence-electron chi connectivity index (χ0n) is 5.44. The van der Waals surface area contributed by atoms with Gasteiger partial charge in [0.1, 0.15) is 0 Å². The SMILES string of the molecule is Cn1cccc1SC(=O)O. The summed E-state index contributed by atoms with van der Waals surface area (Å²) in [6.45, 7) is 0. The lowest BCUT2D eigenvalue weighted by molar-refractivity contribution is 0.222. The van der Waals surface area contributed by atoms with Crippen LogP contribution in [0.5, 0.6) is 0 Å². The minimum absolute atomic E-state index is 0.743. The maximum Gasteiger partial charge on any atom is 0.371 e. The van der Waals surface area contributed by atoms with Gasteiger partial charge in [-0.25, -0.2) is 4.79 Å². The highest BCUT2D eigenvalue weighted by atomic mass is 32.2. The molecule has 0 unspecified atom stereocenters. The van der Waals surface area contributed by atoms with E-state index in [4.69, 9.17) is 5.11 Å². The van der Waals surface area contributed by atoms with Gasteiger partial charge in [0, 0.05) is 25.0 Å². The number of nitrogens with zero attached hydrogens (tertiary/aromatic N) is 1. The van der Waals surface area contributed by atoms with Crippen molar-refractivity contribution in [3.05, 3.63) is 18.3 Å². The second kappa shape index (κ2) is 2.79. The molecule has 0 aliphatic rings. The number of aromatic nitrogens is 1. The van der Waals surface area contributed by atoms with Gasteiger partial charge < -0.3 is 9.67 Å². The molecule has 0 bridgehead atoms. The highest BCUT2D eigenvalue weighted by molar-refractivity contribution is 8.13. The highest BCUT2D eigenvalue weighted by Crippen LogP contribution is 2.17. The molecular weight excluding hydrogens is 150 g/mol. The molecule has 0 amide bonds. The second-order valence-electron chi connectivity index (χ2n) is 1.83. The fraction of sp³-hybridized carbons (Fsp3) is 0.167. The summed E-state index contributed by atoms with van der Waals surface area (Å²) in [4.78, 5) is 10.2. The van der Waals surface area contributed by atoms with Crippen LogP contribution in [0.1, 0.15) is 0 Å². The minimum Gasteiger partial charge on any atom is -0.473 e. The molecule has 0 atom stereocenters. The molecule has 3 nitrogen and oxygen atoms in total. The van der Waals surface area contributed by atoms with Gasteiger partial charge in [-0.1, -0.05) is 0 Å². The van der Waals surface area contributed by atoms with E-state index in [1.807, 2.05) is 19.3 Å². The first-order chi connectivity index (χ1) is 4.70. The second-order valence-corrected chi connectivity index (χ2v) is 2.80. The van der Waals surface area contributed by atoms with Crippen molar-refractivity contribution >= 4 is 17.1 Å². The maximum atomic E-state index is 10.2. The van der Waals surface area contributed by atoms with Crippen molar-refractivity contribution in [1.82, 2.24) is 4.57 Å². The zero-order chi connectivity index (χ0) is 7.56. The van der Waals surface area contributed by atoms with E-state index in [-0.39, 0.29) is 0 Å². The number of hydrogen-bond donors (Lipinski definition) is 1. The van der Waals surface area contributed by atoms with Crippen molar-refractivity contribution in [3.8, 4) is 0 Å². The molecular formula is C6H7NO2S. The van der Waals surface area contributed by atoms with Crippen LogP contribution >= 0.6 is 11.8 Å². The average molecular weight is 157 g/mol. The molecule has 0 fully saturated rings. The van der Waals surface area contributed by atoms with Gasteiger partial charge in [-0.3, -0.25) is 0 Å². The number of carbonyl (C=O) groups is 1. The number of carboxylic acid groups (broad SMARTS) is 1. The molecule has 54 valence electrons. The van der Waals surface area contributed by atoms with Gasteiger partial charge in [-0.2, -0.15) is 0 Å². The van der Waals surface area contributed by atoms with Crippen LogP contribution in [0.3, 0.4) is 0 Å². The fourth-order valence-electron chi connectivity index (χ4n) is 0.641. The molecule has 0 aliphatic carbocycles. The average Bonchev–Trinajstić information content (AvgIpc) is 2.15. The predicted molar refractivity (Wildman–Crippen MR) is 39.3 cm³/mol. The van der Waals surface area contributed by atoms with Crippen molar-refractivity contribution in [3.63, 3.8) is 0 Å². The first kappa shape index (κ1) is 7.21. The summed E-state index contributed by atoms with van der Waals surface area (Å²) in [5.74, 6) is 0. The molecule has 0 radical (unpaired) electrons. The fourth-order valence-corrected chi connectivity index (χ4v) is 1.17. The lowest BCUT2D eigenvalue weighted by Gasteiger charge is -1.95. The van der Waals surface area contributed by atoms with Crippen LogP contribution in [0.2, 0.25) is 0 Å². The van der Waals surface area contributed by atoms with Crippen molar-refractivity contribution < 1.29 is 9.90 Å². The van der Waals surface area contributed by atoms with Crippen molar-refractivity contribution in [1.29, 1.82) is 0 Å². The van der Waals surface area contributed by atoms with E-state index in [9.17, 15) is 4.79 Å². The summed E-state index contributed by atoms with van der Waals surface area (Å²) < 4.78 is 1.76. The quantitative estimate of drug-likeness (QED) is 0.632. The third-order valence-electron chi connectivity index (χ3n) is 1.09. The van der Waals surface area contributed by atoms with Crippen molar-refractivity contribution in [2.75, 3.05) is 0 Å². The van der Waals surface area contributed by atoms with E-state index < -0.39 is 5.30 Å². The number of thioether (sulfide) groups is 1. The Morgan fingerprint density at radius 2 is 2.50 bits per heavy atom. The number of rotatable bonds is 1. The molecule has 0 aromatic carbocycles. The summed E-state index contributed by atoms with van der Waals surface area (Å²) in [6.07, 6.45) is 1.81. The molecule has 1 heterocycles. The molecule has 10 heavy (non-hydrogen) atoms. The van der Waals surface area contributed by atoms with Crippen LogP contribution in [-0.2, 0) is 7.05 Å². The van der Waals surface area contributed by atoms with E-state index in [2.05, 4.69) is 0 Å². The van der Waals surface area contributed by atoms with E-state index in [0.29, 0.717) is 0 Å². The summed E-state index contributed by atoms with van der Waals surface area (Å²) in [5.41, 5.74) is 0. The largest absolute Gasteiger partial charge is 0.473 e. The van der Waals surface area contributed by atoms with E-state index >= 15 is 0 Å². The molecule has 0 saturated carbocycles. The Bertz CT molecular complexity index is 244. The Hall–Kier alpha value is -0.900. The first-order valence-corrected chi connectivity index (χ1v) is 3.54. The van der Waals surface area contributed by atoms with Crippen LogP contribution in [0.4, 0.5) is 4.79 Å². The van der Waals surface area contributed by atoms with Crippen LogP contribution in [0, 0.1) is 0 Å². The molecule has 1 aromatic rings. The van der Waals surface area contributed by atoms with Crippen molar-refractivity contribution in [2.45, 2.75) is 5.03 Å². The van der Waals surface area contributed by atoms with Gasteiger partial charge in [0.15, 0.2) is 0 Å². The molecule has 1 N–H and O–H groups in total. The zero-order valence-corrected chi connectivity index (χ0v) is 6.26.